The van der Waals surface area contributed by atoms with Gasteiger partial charge in [0, 0.05) is 12.3 Å². The van der Waals surface area contributed by atoms with Crippen molar-refractivity contribution in [2.45, 2.75) is 66.1 Å². The maximum absolute atomic E-state index is 12.6. The highest BCUT2D eigenvalue weighted by Crippen LogP contribution is 2.24. The second kappa shape index (κ2) is 8.92. The lowest BCUT2D eigenvalue weighted by Crippen LogP contribution is -2.43. The van der Waals surface area contributed by atoms with Crippen LogP contribution in [-0.4, -0.2) is 24.2 Å². The number of ether oxygens (including phenoxy) is 2. The molecule has 0 saturated carbocycles. The van der Waals surface area contributed by atoms with Gasteiger partial charge in [0.25, 0.3) is 5.91 Å². The lowest BCUT2D eigenvalue weighted by molar-refractivity contribution is -0.140. The highest BCUT2D eigenvalue weighted by atomic mass is 16.5. The Morgan fingerprint density at radius 3 is 2.26 bits per heavy atom. The largest absolute Gasteiger partial charge is 0.491 e. The van der Waals surface area contributed by atoms with E-state index in [1.165, 1.54) is 0 Å². The van der Waals surface area contributed by atoms with Crippen molar-refractivity contribution in [2.24, 2.45) is 5.92 Å². The SMILES string of the molecule is CCO[C@@](C)(CC(C)C)C(=O)Nc1ccc(O[C@@H](C)CC)cc1. The molecule has 0 aromatic heterocycles. The number of amides is 1. The van der Waals surface area contributed by atoms with E-state index in [9.17, 15) is 4.79 Å². The number of carbonyl (C=O) groups is 1. The first-order chi connectivity index (χ1) is 10.8. The zero-order valence-corrected chi connectivity index (χ0v) is 15.3. The van der Waals surface area contributed by atoms with Gasteiger partial charge in [0.2, 0.25) is 0 Å². The predicted octanol–water partition coefficient (Wildman–Crippen LogP) is 4.64. The van der Waals surface area contributed by atoms with Crippen LogP contribution in [0.2, 0.25) is 0 Å². The summed E-state index contributed by atoms with van der Waals surface area (Å²) in [6.45, 7) is 12.6. The number of hydrogen-bond acceptors (Lipinski definition) is 3. The Morgan fingerprint density at radius 1 is 1.17 bits per heavy atom. The van der Waals surface area contributed by atoms with Crippen LogP contribution < -0.4 is 10.1 Å². The third-order valence-corrected chi connectivity index (χ3v) is 3.77. The molecule has 0 spiro atoms. The van der Waals surface area contributed by atoms with E-state index in [2.05, 4.69) is 26.1 Å². The van der Waals surface area contributed by atoms with Crippen molar-refractivity contribution in [3.63, 3.8) is 0 Å². The van der Waals surface area contributed by atoms with E-state index in [4.69, 9.17) is 9.47 Å². The van der Waals surface area contributed by atoms with Gasteiger partial charge in [-0.05, 0) is 63.8 Å². The Bertz CT molecular complexity index is 484. The van der Waals surface area contributed by atoms with Gasteiger partial charge in [-0.3, -0.25) is 4.79 Å². The summed E-state index contributed by atoms with van der Waals surface area (Å²) in [6, 6.07) is 7.47. The zero-order valence-electron chi connectivity index (χ0n) is 15.3. The van der Waals surface area contributed by atoms with Crippen molar-refractivity contribution in [2.75, 3.05) is 11.9 Å². The van der Waals surface area contributed by atoms with Crippen molar-refractivity contribution in [3.05, 3.63) is 24.3 Å². The van der Waals surface area contributed by atoms with E-state index in [1.54, 1.807) is 0 Å². The molecular formula is C19H31NO3. The second-order valence-corrected chi connectivity index (χ2v) is 6.58. The number of rotatable bonds is 9. The number of hydrogen-bond donors (Lipinski definition) is 1. The van der Waals surface area contributed by atoms with Crippen molar-refractivity contribution < 1.29 is 14.3 Å². The summed E-state index contributed by atoms with van der Waals surface area (Å²) < 4.78 is 11.5. The van der Waals surface area contributed by atoms with E-state index in [0.29, 0.717) is 18.9 Å². The van der Waals surface area contributed by atoms with Gasteiger partial charge in [-0.1, -0.05) is 20.8 Å². The number of anilines is 1. The molecule has 2 atom stereocenters. The van der Waals surface area contributed by atoms with Gasteiger partial charge in [0.15, 0.2) is 0 Å². The van der Waals surface area contributed by atoms with Crippen LogP contribution in [0.1, 0.15) is 54.4 Å². The molecule has 1 N–H and O–H groups in total. The molecule has 0 radical (unpaired) electrons. The summed E-state index contributed by atoms with van der Waals surface area (Å²) in [5.41, 5.74) is -0.0596. The van der Waals surface area contributed by atoms with Crippen LogP contribution in [0.5, 0.6) is 5.75 Å². The summed E-state index contributed by atoms with van der Waals surface area (Å²) in [7, 11) is 0. The first-order valence-electron chi connectivity index (χ1n) is 8.52. The van der Waals surface area contributed by atoms with E-state index in [1.807, 2.05) is 45.0 Å². The third-order valence-electron chi connectivity index (χ3n) is 3.77. The summed E-state index contributed by atoms with van der Waals surface area (Å²) in [6.07, 6.45) is 1.82. The molecule has 0 aliphatic heterocycles. The molecule has 0 heterocycles. The van der Waals surface area contributed by atoms with Crippen molar-refractivity contribution >= 4 is 11.6 Å². The van der Waals surface area contributed by atoms with Crippen molar-refractivity contribution in [3.8, 4) is 5.75 Å². The van der Waals surface area contributed by atoms with Crippen LogP contribution >= 0.6 is 0 Å². The van der Waals surface area contributed by atoms with Crippen LogP contribution in [-0.2, 0) is 9.53 Å². The average Bonchev–Trinajstić information content (AvgIpc) is 2.48. The van der Waals surface area contributed by atoms with Gasteiger partial charge in [-0.25, -0.2) is 0 Å². The van der Waals surface area contributed by atoms with Crippen LogP contribution in [0.25, 0.3) is 0 Å². The summed E-state index contributed by atoms with van der Waals surface area (Å²) in [5.74, 6) is 1.08. The highest BCUT2D eigenvalue weighted by molar-refractivity contribution is 5.97. The Kier molecular flexibility index (Phi) is 7.56. The molecule has 0 saturated heterocycles. The van der Waals surface area contributed by atoms with Crippen LogP contribution in [0.4, 0.5) is 5.69 Å². The summed E-state index contributed by atoms with van der Waals surface area (Å²) >= 11 is 0. The normalized spacial score (nSPS) is 15.1. The second-order valence-electron chi connectivity index (χ2n) is 6.58. The molecule has 1 amide bonds. The van der Waals surface area contributed by atoms with Crippen molar-refractivity contribution in [1.29, 1.82) is 0 Å². The minimum atomic E-state index is -0.811. The minimum absolute atomic E-state index is 0.108. The third kappa shape index (κ3) is 6.22. The van der Waals surface area contributed by atoms with E-state index in [-0.39, 0.29) is 12.0 Å². The minimum Gasteiger partial charge on any atom is -0.491 e. The lowest BCUT2D eigenvalue weighted by atomic mass is 9.93. The fourth-order valence-corrected chi connectivity index (χ4v) is 2.51. The number of nitrogens with one attached hydrogen (secondary N) is 1. The summed E-state index contributed by atoms with van der Waals surface area (Å²) in [4.78, 5) is 12.6. The molecule has 1 aromatic carbocycles. The fraction of sp³-hybridized carbons (Fsp3) is 0.632. The molecule has 1 aromatic rings. The van der Waals surface area contributed by atoms with Gasteiger partial charge >= 0.3 is 0 Å². The topological polar surface area (TPSA) is 47.6 Å². The lowest BCUT2D eigenvalue weighted by Gasteiger charge is -2.29. The smallest absolute Gasteiger partial charge is 0.256 e. The Labute approximate surface area is 140 Å². The van der Waals surface area contributed by atoms with Gasteiger partial charge in [0.1, 0.15) is 11.4 Å². The monoisotopic (exact) mass is 321 g/mol. The quantitative estimate of drug-likeness (QED) is 0.720. The van der Waals surface area contributed by atoms with E-state index < -0.39 is 5.60 Å². The molecule has 4 heteroatoms. The Hall–Kier alpha value is -1.55. The average molecular weight is 321 g/mol. The van der Waals surface area contributed by atoms with Crippen LogP contribution in [0.3, 0.4) is 0 Å². The Morgan fingerprint density at radius 2 is 1.78 bits per heavy atom. The molecule has 130 valence electrons. The van der Waals surface area contributed by atoms with E-state index >= 15 is 0 Å². The molecule has 0 bridgehead atoms. The van der Waals surface area contributed by atoms with E-state index in [0.717, 1.165) is 17.9 Å². The van der Waals surface area contributed by atoms with Crippen LogP contribution in [0, 0.1) is 5.92 Å². The highest BCUT2D eigenvalue weighted by Gasteiger charge is 2.34. The predicted molar refractivity (Wildman–Crippen MR) is 94.9 cm³/mol. The summed E-state index contributed by atoms with van der Waals surface area (Å²) in [5, 5.41) is 2.95. The first kappa shape index (κ1) is 19.5. The first-order valence-corrected chi connectivity index (χ1v) is 8.52. The van der Waals surface area contributed by atoms with Crippen LogP contribution in [0.15, 0.2) is 24.3 Å². The van der Waals surface area contributed by atoms with Gasteiger partial charge in [0.05, 0.1) is 6.10 Å². The molecular weight excluding hydrogens is 290 g/mol. The molecule has 0 aliphatic carbocycles. The Balaban J connectivity index is 2.74. The fourth-order valence-electron chi connectivity index (χ4n) is 2.51. The van der Waals surface area contributed by atoms with Gasteiger partial charge in [-0.2, -0.15) is 0 Å². The van der Waals surface area contributed by atoms with Crippen molar-refractivity contribution in [1.82, 2.24) is 0 Å². The molecule has 4 nitrogen and oxygen atoms in total. The maximum atomic E-state index is 12.6. The number of carbonyl (C=O) groups excluding carboxylic acids is 1. The molecule has 23 heavy (non-hydrogen) atoms. The van der Waals surface area contributed by atoms with Gasteiger partial charge < -0.3 is 14.8 Å². The number of benzene rings is 1. The molecule has 0 aliphatic rings. The molecule has 0 unspecified atom stereocenters. The molecule has 1 rings (SSSR count). The maximum Gasteiger partial charge on any atom is 0.256 e. The molecule has 0 fully saturated rings. The zero-order chi connectivity index (χ0) is 17.5. The standard InChI is InChI=1S/C19H31NO3/c1-7-15(5)23-17-11-9-16(10-12-17)20-18(21)19(6,22-8-2)13-14(3)4/h9-12,14-15H,7-8,13H2,1-6H3,(H,20,21)/t15-,19-/m0/s1. The van der Waals surface area contributed by atoms with Gasteiger partial charge in [-0.15, -0.1) is 0 Å².